The van der Waals surface area contributed by atoms with Crippen LogP contribution in [-0.2, 0) is 11.3 Å². The second-order valence-electron chi connectivity index (χ2n) is 4.92. The lowest BCUT2D eigenvalue weighted by Gasteiger charge is -2.05. The molecule has 0 aliphatic rings. The zero-order chi connectivity index (χ0) is 16.1. The molecule has 0 radical (unpaired) electrons. The number of non-ortho nitro benzene ring substituents is 1. The number of carbonyl (C=O) groups excluding carboxylic acids is 1. The maximum atomic E-state index is 11.8. The van der Waals surface area contributed by atoms with Crippen molar-refractivity contribution in [3.8, 4) is 0 Å². The van der Waals surface area contributed by atoms with Crippen LogP contribution in [0.15, 0.2) is 27.4 Å². The molecule has 2 aromatic rings. The quantitative estimate of drug-likeness (QED) is 0.477. The SMILES string of the molecule is CCCCCNC(=O)Cn1c(=O)oc2cc([N+](=O)[O-])ccc21. The molecule has 0 aliphatic carbocycles. The summed E-state index contributed by atoms with van der Waals surface area (Å²) < 4.78 is 6.12. The summed E-state index contributed by atoms with van der Waals surface area (Å²) in [6.07, 6.45) is 2.97. The van der Waals surface area contributed by atoms with Crippen molar-refractivity contribution in [1.82, 2.24) is 9.88 Å². The van der Waals surface area contributed by atoms with E-state index in [4.69, 9.17) is 4.42 Å². The van der Waals surface area contributed by atoms with Gasteiger partial charge in [-0.3, -0.25) is 19.5 Å². The second-order valence-corrected chi connectivity index (χ2v) is 4.92. The van der Waals surface area contributed by atoms with Crippen LogP contribution >= 0.6 is 0 Å². The average Bonchev–Trinajstić information content (AvgIpc) is 2.79. The van der Waals surface area contributed by atoms with E-state index < -0.39 is 10.7 Å². The minimum absolute atomic E-state index is 0.0954. The van der Waals surface area contributed by atoms with Crippen LogP contribution in [-0.4, -0.2) is 21.9 Å². The van der Waals surface area contributed by atoms with Crippen molar-refractivity contribution in [2.24, 2.45) is 0 Å². The highest BCUT2D eigenvalue weighted by molar-refractivity contribution is 5.80. The Labute approximate surface area is 125 Å². The van der Waals surface area contributed by atoms with Crippen molar-refractivity contribution in [2.45, 2.75) is 32.7 Å². The van der Waals surface area contributed by atoms with Gasteiger partial charge >= 0.3 is 5.76 Å². The van der Waals surface area contributed by atoms with E-state index in [1.54, 1.807) is 0 Å². The van der Waals surface area contributed by atoms with E-state index in [0.717, 1.165) is 23.8 Å². The van der Waals surface area contributed by atoms with Crippen LogP contribution in [0.2, 0.25) is 0 Å². The predicted molar refractivity (Wildman–Crippen MR) is 79.7 cm³/mol. The van der Waals surface area contributed by atoms with Crippen LogP contribution in [0.25, 0.3) is 11.1 Å². The highest BCUT2D eigenvalue weighted by atomic mass is 16.6. The lowest BCUT2D eigenvalue weighted by molar-refractivity contribution is -0.384. The van der Waals surface area contributed by atoms with E-state index in [1.165, 1.54) is 18.2 Å². The predicted octanol–water partition coefficient (Wildman–Crippen LogP) is 1.81. The number of nitro groups is 1. The molecule has 1 heterocycles. The summed E-state index contributed by atoms with van der Waals surface area (Å²) >= 11 is 0. The lowest BCUT2D eigenvalue weighted by atomic mass is 10.2. The molecular formula is C14H17N3O5. The van der Waals surface area contributed by atoms with E-state index in [0.29, 0.717) is 12.1 Å². The molecule has 2 rings (SSSR count). The Morgan fingerprint density at radius 3 is 2.86 bits per heavy atom. The van der Waals surface area contributed by atoms with Crippen LogP contribution in [0.4, 0.5) is 5.69 Å². The average molecular weight is 307 g/mol. The molecule has 1 aromatic heterocycles. The molecule has 1 N–H and O–H groups in total. The fourth-order valence-corrected chi connectivity index (χ4v) is 2.12. The number of nitro benzene ring substituents is 1. The van der Waals surface area contributed by atoms with Gasteiger partial charge in [0.15, 0.2) is 5.58 Å². The summed E-state index contributed by atoms with van der Waals surface area (Å²) in [6.45, 7) is 2.45. The number of oxazole rings is 1. The van der Waals surface area contributed by atoms with Gasteiger partial charge in [0.25, 0.3) is 5.69 Å². The summed E-state index contributed by atoms with van der Waals surface area (Å²) in [5, 5.41) is 13.4. The third kappa shape index (κ3) is 3.51. The topological polar surface area (TPSA) is 107 Å². The summed E-state index contributed by atoms with van der Waals surface area (Å²) in [5.41, 5.74) is 0.287. The number of benzene rings is 1. The van der Waals surface area contributed by atoms with Crippen LogP contribution in [0.3, 0.4) is 0 Å². The maximum absolute atomic E-state index is 11.8. The molecule has 0 saturated carbocycles. The zero-order valence-electron chi connectivity index (χ0n) is 12.2. The Hall–Kier alpha value is -2.64. The van der Waals surface area contributed by atoms with Crippen LogP contribution in [0.5, 0.6) is 0 Å². The number of rotatable bonds is 7. The highest BCUT2D eigenvalue weighted by Crippen LogP contribution is 2.19. The molecule has 1 amide bonds. The van der Waals surface area contributed by atoms with Crippen molar-refractivity contribution in [3.63, 3.8) is 0 Å². The first kappa shape index (κ1) is 15.7. The molecule has 0 saturated heterocycles. The summed E-state index contributed by atoms with van der Waals surface area (Å²) in [5.74, 6) is -1.00. The number of amides is 1. The van der Waals surface area contributed by atoms with E-state index in [9.17, 15) is 19.7 Å². The molecule has 22 heavy (non-hydrogen) atoms. The van der Waals surface area contributed by atoms with Crippen LogP contribution in [0, 0.1) is 10.1 Å². The summed E-state index contributed by atoms with van der Waals surface area (Å²) in [4.78, 5) is 33.7. The van der Waals surface area contributed by atoms with Crippen LogP contribution in [0.1, 0.15) is 26.2 Å². The van der Waals surface area contributed by atoms with Gasteiger partial charge in [0.05, 0.1) is 16.5 Å². The second kappa shape index (κ2) is 6.88. The first-order valence-corrected chi connectivity index (χ1v) is 7.07. The summed E-state index contributed by atoms with van der Waals surface area (Å²) in [7, 11) is 0. The molecule has 0 unspecified atom stereocenters. The van der Waals surface area contributed by atoms with Crippen LogP contribution < -0.4 is 11.1 Å². The van der Waals surface area contributed by atoms with Gasteiger partial charge in [0.1, 0.15) is 6.54 Å². The van der Waals surface area contributed by atoms with Gasteiger partial charge in [-0.15, -0.1) is 0 Å². The maximum Gasteiger partial charge on any atom is 0.420 e. The van der Waals surface area contributed by atoms with Gasteiger partial charge < -0.3 is 9.73 Å². The zero-order valence-corrected chi connectivity index (χ0v) is 12.2. The molecule has 0 atom stereocenters. The standard InChI is InChI=1S/C14H17N3O5/c1-2-3-4-7-15-13(18)9-16-11-6-5-10(17(20)21)8-12(11)22-14(16)19/h5-6,8H,2-4,7,9H2,1H3,(H,15,18). The number of nitrogens with one attached hydrogen (secondary N) is 1. The lowest BCUT2D eigenvalue weighted by Crippen LogP contribution is -2.31. The van der Waals surface area contributed by atoms with E-state index in [2.05, 4.69) is 12.2 Å². The third-order valence-electron chi connectivity index (χ3n) is 3.27. The van der Waals surface area contributed by atoms with Crippen molar-refractivity contribution in [2.75, 3.05) is 6.54 Å². The van der Waals surface area contributed by atoms with Gasteiger partial charge in [-0.25, -0.2) is 4.79 Å². The largest absolute Gasteiger partial charge is 0.420 e. The first-order chi connectivity index (χ1) is 10.5. The van der Waals surface area contributed by atoms with Gasteiger partial charge in [0, 0.05) is 12.6 Å². The van der Waals surface area contributed by atoms with Crippen molar-refractivity contribution < 1.29 is 14.1 Å². The van der Waals surface area contributed by atoms with Gasteiger partial charge in [0.2, 0.25) is 5.91 Å². The highest BCUT2D eigenvalue weighted by Gasteiger charge is 2.15. The number of aromatic nitrogens is 1. The fraction of sp³-hybridized carbons (Fsp3) is 0.429. The first-order valence-electron chi connectivity index (χ1n) is 7.07. The molecule has 0 spiro atoms. The molecule has 0 fully saturated rings. The van der Waals surface area contributed by atoms with Crippen molar-refractivity contribution in [3.05, 3.63) is 38.9 Å². The van der Waals surface area contributed by atoms with Gasteiger partial charge in [-0.05, 0) is 12.5 Å². The van der Waals surface area contributed by atoms with E-state index in [-0.39, 0.29) is 23.7 Å². The molecular weight excluding hydrogens is 290 g/mol. The van der Waals surface area contributed by atoms with Gasteiger partial charge in [-0.1, -0.05) is 19.8 Å². The number of hydrogen-bond acceptors (Lipinski definition) is 5. The van der Waals surface area contributed by atoms with E-state index in [1.807, 2.05) is 0 Å². The number of fused-ring (bicyclic) bond motifs is 1. The Kier molecular flexibility index (Phi) is 4.92. The molecule has 1 aromatic carbocycles. The van der Waals surface area contributed by atoms with E-state index >= 15 is 0 Å². The number of nitrogens with zero attached hydrogens (tertiary/aromatic N) is 2. The Morgan fingerprint density at radius 1 is 1.41 bits per heavy atom. The van der Waals surface area contributed by atoms with Gasteiger partial charge in [-0.2, -0.15) is 0 Å². The molecule has 0 aliphatic heterocycles. The Balaban J connectivity index is 2.14. The molecule has 0 bridgehead atoms. The fourth-order valence-electron chi connectivity index (χ4n) is 2.12. The smallest absolute Gasteiger partial charge is 0.407 e. The number of hydrogen-bond donors (Lipinski definition) is 1. The Morgan fingerprint density at radius 2 is 2.18 bits per heavy atom. The normalized spacial score (nSPS) is 10.8. The summed E-state index contributed by atoms with van der Waals surface area (Å²) in [6, 6.07) is 3.85. The Bertz CT molecular complexity index is 747. The molecule has 8 heteroatoms. The third-order valence-corrected chi connectivity index (χ3v) is 3.27. The molecule has 8 nitrogen and oxygen atoms in total. The minimum atomic E-state index is -0.709. The van der Waals surface area contributed by atoms with Crippen molar-refractivity contribution in [1.29, 1.82) is 0 Å². The number of unbranched alkanes of at least 4 members (excludes halogenated alkanes) is 2. The monoisotopic (exact) mass is 307 g/mol. The number of carbonyl (C=O) groups is 1. The van der Waals surface area contributed by atoms with Crippen molar-refractivity contribution >= 4 is 22.7 Å². The minimum Gasteiger partial charge on any atom is -0.407 e. The molecule has 118 valence electrons.